The van der Waals surface area contributed by atoms with E-state index >= 15 is 0 Å². The number of carbonyl (C=O) groups excluding carboxylic acids is 2. The average molecular weight is 381 g/mol. The van der Waals surface area contributed by atoms with Crippen molar-refractivity contribution in [2.45, 2.75) is 25.3 Å². The van der Waals surface area contributed by atoms with Crippen LogP contribution in [0.4, 0.5) is 0 Å². The minimum atomic E-state index is -1.27. The zero-order chi connectivity index (χ0) is 20.1. The molecular weight excluding hydrogens is 360 g/mol. The number of ether oxygens (including phenoxy) is 2. The second kappa shape index (κ2) is 8.56. The lowest BCUT2D eigenvalue weighted by Gasteiger charge is -2.24. The maximum absolute atomic E-state index is 12.7. The van der Waals surface area contributed by atoms with Gasteiger partial charge >= 0.3 is 0 Å². The van der Waals surface area contributed by atoms with Crippen LogP contribution in [-0.4, -0.2) is 36.8 Å². The molecule has 0 saturated carbocycles. The highest BCUT2D eigenvalue weighted by Crippen LogP contribution is 2.41. The highest BCUT2D eigenvalue weighted by molar-refractivity contribution is 6.03. The fraction of sp³-hybridized carbons (Fsp3) is 0.286. The molecule has 0 aromatic heterocycles. The molecule has 0 aliphatic carbocycles. The molecule has 0 radical (unpaired) electrons. The normalized spacial score (nSPS) is 15.9. The van der Waals surface area contributed by atoms with Gasteiger partial charge in [-0.3, -0.25) is 4.79 Å². The van der Waals surface area contributed by atoms with Crippen molar-refractivity contribution >= 4 is 17.6 Å². The molecule has 0 bridgehead atoms. The number of hydrogen-bond donors (Lipinski definition) is 0. The summed E-state index contributed by atoms with van der Waals surface area (Å²) in [7, 11) is 3.09. The standard InChI is InChI=1S/C21H22N2O5/c1-27-18-10-6-9-15(21(18)28-2)17-13-16(14-7-4-3-5-8-14)22-23(17)19(24)11-12-20(25)26/h3-10,17H,11-13H2,1-2H3,(H,25,26)/p-1/t17-/m1/s1. The lowest BCUT2D eigenvalue weighted by Crippen LogP contribution is -2.30. The lowest BCUT2D eigenvalue weighted by atomic mass is 9.97. The molecule has 1 aliphatic rings. The zero-order valence-corrected chi connectivity index (χ0v) is 15.8. The van der Waals surface area contributed by atoms with Crippen molar-refractivity contribution < 1.29 is 24.2 Å². The molecule has 0 unspecified atom stereocenters. The van der Waals surface area contributed by atoms with Crippen LogP contribution in [0.2, 0.25) is 0 Å². The summed E-state index contributed by atoms with van der Waals surface area (Å²) in [5, 5.41) is 16.7. The Morgan fingerprint density at radius 3 is 2.46 bits per heavy atom. The van der Waals surface area contributed by atoms with Gasteiger partial charge in [-0.1, -0.05) is 42.5 Å². The summed E-state index contributed by atoms with van der Waals surface area (Å²) >= 11 is 0. The van der Waals surface area contributed by atoms with Gasteiger partial charge in [0.1, 0.15) is 0 Å². The number of carboxylic acid groups (broad SMARTS) is 1. The quantitative estimate of drug-likeness (QED) is 0.731. The highest BCUT2D eigenvalue weighted by atomic mass is 16.5. The molecular formula is C21H21N2O5-. The number of methoxy groups -OCH3 is 2. The number of aliphatic carboxylic acids is 1. The maximum Gasteiger partial charge on any atom is 0.243 e. The first-order valence-electron chi connectivity index (χ1n) is 8.90. The van der Waals surface area contributed by atoms with Gasteiger partial charge in [0.15, 0.2) is 11.5 Å². The predicted octanol–water partition coefficient (Wildman–Crippen LogP) is 1.91. The van der Waals surface area contributed by atoms with Crippen LogP contribution in [-0.2, 0) is 9.59 Å². The van der Waals surface area contributed by atoms with Crippen molar-refractivity contribution in [2.24, 2.45) is 5.10 Å². The fourth-order valence-corrected chi connectivity index (χ4v) is 3.29. The SMILES string of the molecule is COc1cccc([C@H]2CC(c3ccccc3)=NN2C(=O)CCC(=O)[O-])c1OC. The van der Waals surface area contributed by atoms with Gasteiger partial charge in [0, 0.05) is 24.4 Å². The van der Waals surface area contributed by atoms with E-state index in [1.807, 2.05) is 42.5 Å². The summed E-state index contributed by atoms with van der Waals surface area (Å²) in [6.45, 7) is 0. The molecule has 28 heavy (non-hydrogen) atoms. The van der Waals surface area contributed by atoms with Crippen molar-refractivity contribution in [3.8, 4) is 11.5 Å². The summed E-state index contributed by atoms with van der Waals surface area (Å²) < 4.78 is 10.9. The van der Waals surface area contributed by atoms with E-state index in [0.717, 1.165) is 16.8 Å². The Hall–Kier alpha value is -3.35. The number of hydrazone groups is 1. The predicted molar refractivity (Wildman–Crippen MR) is 101 cm³/mol. The summed E-state index contributed by atoms with van der Waals surface area (Å²) in [6.07, 6.45) is -0.0607. The smallest absolute Gasteiger partial charge is 0.243 e. The van der Waals surface area contributed by atoms with Gasteiger partial charge < -0.3 is 19.4 Å². The van der Waals surface area contributed by atoms with Crippen LogP contribution in [0.25, 0.3) is 0 Å². The van der Waals surface area contributed by atoms with Crippen LogP contribution in [0.1, 0.15) is 36.4 Å². The van der Waals surface area contributed by atoms with Crippen molar-refractivity contribution in [3.05, 3.63) is 59.7 Å². The molecule has 0 saturated heterocycles. The van der Waals surface area contributed by atoms with Gasteiger partial charge in [-0.25, -0.2) is 5.01 Å². The Balaban J connectivity index is 1.99. The highest BCUT2D eigenvalue weighted by Gasteiger charge is 2.35. The Morgan fingerprint density at radius 1 is 1.07 bits per heavy atom. The molecule has 146 valence electrons. The van der Waals surface area contributed by atoms with E-state index in [2.05, 4.69) is 5.10 Å². The third kappa shape index (κ3) is 3.98. The van der Waals surface area contributed by atoms with Crippen LogP contribution in [0.3, 0.4) is 0 Å². The van der Waals surface area contributed by atoms with Gasteiger partial charge in [-0.15, -0.1) is 0 Å². The summed E-state index contributed by atoms with van der Waals surface area (Å²) in [5.41, 5.74) is 2.40. The Morgan fingerprint density at radius 2 is 1.82 bits per heavy atom. The molecule has 0 N–H and O–H groups in total. The molecule has 0 fully saturated rings. The minimum absolute atomic E-state index is 0.184. The van der Waals surface area contributed by atoms with Crippen molar-refractivity contribution in [3.63, 3.8) is 0 Å². The summed E-state index contributed by atoms with van der Waals surface area (Å²) in [5.74, 6) is -0.576. The minimum Gasteiger partial charge on any atom is -0.550 e. The number of carboxylic acids is 1. The van der Waals surface area contributed by atoms with E-state index < -0.39 is 12.0 Å². The monoisotopic (exact) mass is 381 g/mol. The van der Waals surface area contributed by atoms with E-state index in [1.54, 1.807) is 13.2 Å². The number of rotatable bonds is 7. The van der Waals surface area contributed by atoms with Gasteiger partial charge in [-0.05, 0) is 18.1 Å². The van der Waals surface area contributed by atoms with E-state index in [9.17, 15) is 14.7 Å². The molecule has 3 rings (SSSR count). The van der Waals surface area contributed by atoms with Crippen LogP contribution < -0.4 is 14.6 Å². The van der Waals surface area contributed by atoms with E-state index in [-0.39, 0.29) is 18.7 Å². The Labute approximate surface area is 163 Å². The largest absolute Gasteiger partial charge is 0.550 e. The van der Waals surface area contributed by atoms with E-state index in [0.29, 0.717) is 17.9 Å². The number of nitrogens with zero attached hydrogens (tertiary/aromatic N) is 2. The summed E-state index contributed by atoms with van der Waals surface area (Å²) in [4.78, 5) is 23.5. The first-order chi connectivity index (χ1) is 13.5. The third-order valence-electron chi connectivity index (χ3n) is 4.61. The molecule has 2 aromatic carbocycles. The Kier molecular flexibility index (Phi) is 5.93. The molecule has 1 heterocycles. The molecule has 1 amide bonds. The average Bonchev–Trinajstić information content (AvgIpc) is 3.17. The first-order valence-corrected chi connectivity index (χ1v) is 8.90. The second-order valence-electron chi connectivity index (χ2n) is 6.33. The van der Waals surface area contributed by atoms with Gasteiger partial charge in [0.05, 0.1) is 26.0 Å². The first kappa shape index (κ1) is 19.4. The number of hydrogen-bond acceptors (Lipinski definition) is 6. The zero-order valence-electron chi connectivity index (χ0n) is 15.8. The second-order valence-corrected chi connectivity index (χ2v) is 6.33. The fourth-order valence-electron chi connectivity index (χ4n) is 3.29. The van der Waals surface area contributed by atoms with Crippen LogP contribution in [0.5, 0.6) is 11.5 Å². The number of carbonyl (C=O) groups is 2. The number of benzene rings is 2. The maximum atomic E-state index is 12.7. The Bertz CT molecular complexity index is 895. The molecule has 1 atom stereocenters. The third-order valence-corrected chi connectivity index (χ3v) is 4.61. The van der Waals surface area contributed by atoms with Gasteiger partial charge in [0.25, 0.3) is 0 Å². The number of amides is 1. The lowest BCUT2D eigenvalue weighted by molar-refractivity contribution is -0.305. The van der Waals surface area contributed by atoms with Crippen LogP contribution >= 0.6 is 0 Å². The molecule has 1 aliphatic heterocycles. The van der Waals surface area contributed by atoms with Crippen molar-refractivity contribution in [1.29, 1.82) is 0 Å². The van der Waals surface area contributed by atoms with Crippen LogP contribution in [0.15, 0.2) is 53.6 Å². The number of para-hydroxylation sites is 1. The molecule has 0 spiro atoms. The summed E-state index contributed by atoms with van der Waals surface area (Å²) in [6, 6.07) is 14.6. The topological polar surface area (TPSA) is 91.3 Å². The molecule has 7 nitrogen and oxygen atoms in total. The van der Waals surface area contributed by atoms with Crippen molar-refractivity contribution in [1.82, 2.24) is 5.01 Å². The molecule has 2 aromatic rings. The van der Waals surface area contributed by atoms with Gasteiger partial charge in [0.2, 0.25) is 5.91 Å². The molecule has 7 heteroatoms. The van der Waals surface area contributed by atoms with Gasteiger partial charge in [-0.2, -0.15) is 5.10 Å². The van der Waals surface area contributed by atoms with Crippen LogP contribution in [0, 0.1) is 0 Å². The van der Waals surface area contributed by atoms with E-state index in [4.69, 9.17) is 9.47 Å². The van der Waals surface area contributed by atoms with E-state index in [1.165, 1.54) is 12.1 Å². The van der Waals surface area contributed by atoms with Crippen molar-refractivity contribution in [2.75, 3.05) is 14.2 Å².